The minimum atomic E-state index is -0.346. The molecule has 0 saturated carbocycles. The lowest BCUT2D eigenvalue weighted by Gasteiger charge is -2.36. The van der Waals surface area contributed by atoms with Crippen molar-refractivity contribution in [2.75, 3.05) is 51.3 Å². The first-order chi connectivity index (χ1) is 12.5. The summed E-state index contributed by atoms with van der Waals surface area (Å²) in [4.78, 5) is 29.6. The predicted molar refractivity (Wildman–Crippen MR) is 104 cm³/mol. The van der Waals surface area contributed by atoms with Crippen molar-refractivity contribution in [2.24, 2.45) is 5.92 Å². The number of carbonyl (C=O) groups excluding carboxylic acids is 2. The van der Waals surface area contributed by atoms with Gasteiger partial charge in [0.1, 0.15) is 0 Å². The maximum Gasteiger partial charge on any atom is 0.232 e. The van der Waals surface area contributed by atoms with Crippen molar-refractivity contribution < 1.29 is 18.7 Å². The minimum Gasteiger partial charge on any atom is -0.492 e. The van der Waals surface area contributed by atoms with Gasteiger partial charge < -0.3 is 9.64 Å². The number of para-hydroxylation sites is 1. The molecule has 1 atom stereocenters. The number of likely N-dealkylation sites (tertiary alicyclic amines) is 1. The molecular formula is C19H27ClFN3O3. The molecule has 0 aliphatic carbocycles. The third-order valence-electron chi connectivity index (χ3n) is 5.19. The lowest BCUT2D eigenvalue weighted by molar-refractivity contribution is -0.139. The zero-order valence-corrected chi connectivity index (χ0v) is 16.6. The van der Waals surface area contributed by atoms with Crippen LogP contribution in [0, 0.1) is 11.7 Å². The molecule has 0 aromatic heterocycles. The fourth-order valence-corrected chi connectivity index (χ4v) is 3.70. The number of rotatable bonds is 6. The van der Waals surface area contributed by atoms with Gasteiger partial charge in [-0.25, -0.2) is 4.39 Å². The molecule has 0 bridgehead atoms. The zero-order chi connectivity index (χ0) is 18.7. The van der Waals surface area contributed by atoms with Gasteiger partial charge >= 0.3 is 0 Å². The number of halogens is 2. The summed E-state index contributed by atoms with van der Waals surface area (Å²) in [5.74, 6) is -0.321. The minimum absolute atomic E-state index is 0. The Morgan fingerprint density at radius 3 is 2.44 bits per heavy atom. The fourth-order valence-electron chi connectivity index (χ4n) is 3.70. The van der Waals surface area contributed by atoms with E-state index in [0.717, 1.165) is 44.8 Å². The lowest BCUT2D eigenvalue weighted by Crippen LogP contribution is -2.47. The summed E-state index contributed by atoms with van der Waals surface area (Å²) in [6, 6.07) is 4.98. The first-order valence-corrected chi connectivity index (χ1v) is 9.15. The van der Waals surface area contributed by atoms with Gasteiger partial charge in [-0.3, -0.25) is 19.4 Å². The van der Waals surface area contributed by atoms with Gasteiger partial charge in [0.05, 0.1) is 12.8 Å². The topological polar surface area (TPSA) is 53.1 Å². The van der Waals surface area contributed by atoms with E-state index in [0.29, 0.717) is 18.7 Å². The van der Waals surface area contributed by atoms with Crippen LogP contribution < -0.4 is 9.64 Å². The van der Waals surface area contributed by atoms with Crippen molar-refractivity contribution in [3.05, 3.63) is 24.0 Å². The van der Waals surface area contributed by atoms with Crippen LogP contribution in [0.2, 0.25) is 0 Å². The number of benzene rings is 1. The molecule has 1 aromatic carbocycles. The van der Waals surface area contributed by atoms with Gasteiger partial charge in [0.15, 0.2) is 11.6 Å². The van der Waals surface area contributed by atoms with Crippen molar-refractivity contribution in [3.63, 3.8) is 0 Å². The Hall–Kier alpha value is -1.86. The SMILES string of the molecule is COc1c(F)cccc1N1CCN(CCCN2C(=O)CC(C)C2=O)CC1.Cl. The van der Waals surface area contributed by atoms with Crippen LogP contribution in [-0.2, 0) is 9.59 Å². The summed E-state index contributed by atoms with van der Waals surface area (Å²) in [7, 11) is 1.49. The van der Waals surface area contributed by atoms with Gasteiger partial charge in [-0.1, -0.05) is 13.0 Å². The number of ether oxygens (including phenoxy) is 1. The van der Waals surface area contributed by atoms with E-state index in [1.807, 2.05) is 6.07 Å². The summed E-state index contributed by atoms with van der Waals surface area (Å²) in [6.07, 6.45) is 1.13. The predicted octanol–water partition coefficient (Wildman–Crippen LogP) is 2.16. The molecule has 0 N–H and O–H groups in total. The molecule has 27 heavy (non-hydrogen) atoms. The first-order valence-electron chi connectivity index (χ1n) is 9.15. The number of carbonyl (C=O) groups is 2. The van der Waals surface area contributed by atoms with Crippen LogP contribution in [0.25, 0.3) is 0 Å². The molecule has 2 heterocycles. The van der Waals surface area contributed by atoms with E-state index in [4.69, 9.17) is 4.74 Å². The molecule has 0 spiro atoms. The van der Waals surface area contributed by atoms with E-state index >= 15 is 0 Å². The Morgan fingerprint density at radius 2 is 1.85 bits per heavy atom. The number of piperazine rings is 1. The molecule has 2 aliphatic heterocycles. The molecule has 150 valence electrons. The van der Waals surface area contributed by atoms with Crippen LogP contribution in [0.15, 0.2) is 18.2 Å². The highest BCUT2D eigenvalue weighted by molar-refractivity contribution is 6.03. The van der Waals surface area contributed by atoms with Crippen molar-refractivity contribution in [2.45, 2.75) is 19.8 Å². The smallest absolute Gasteiger partial charge is 0.232 e. The highest BCUT2D eigenvalue weighted by Gasteiger charge is 2.35. The maximum atomic E-state index is 13.9. The summed E-state index contributed by atoms with van der Waals surface area (Å²) in [5.41, 5.74) is 0.786. The zero-order valence-electron chi connectivity index (χ0n) is 15.8. The number of imide groups is 1. The second kappa shape index (κ2) is 9.37. The normalized spacial score (nSPS) is 20.8. The quantitative estimate of drug-likeness (QED) is 0.686. The summed E-state index contributed by atoms with van der Waals surface area (Å²) in [6.45, 7) is 6.45. The molecule has 0 radical (unpaired) electrons. The standard InChI is InChI=1S/C19H26FN3O3.ClH/c1-14-13-17(24)23(19(14)25)8-4-7-21-9-11-22(12-10-21)16-6-3-5-15(20)18(16)26-2;/h3,5-6,14H,4,7-13H2,1-2H3;1H. The molecule has 2 saturated heterocycles. The van der Waals surface area contributed by atoms with E-state index in [-0.39, 0.29) is 36.0 Å². The van der Waals surface area contributed by atoms with Crippen LogP contribution in [0.4, 0.5) is 10.1 Å². The molecule has 2 amide bonds. The Bertz CT molecular complexity index is 680. The van der Waals surface area contributed by atoms with Crippen molar-refractivity contribution in [3.8, 4) is 5.75 Å². The number of nitrogens with zero attached hydrogens (tertiary/aromatic N) is 3. The Morgan fingerprint density at radius 1 is 1.15 bits per heavy atom. The van der Waals surface area contributed by atoms with Crippen molar-refractivity contribution in [1.29, 1.82) is 0 Å². The largest absolute Gasteiger partial charge is 0.492 e. The monoisotopic (exact) mass is 399 g/mol. The number of anilines is 1. The van der Waals surface area contributed by atoms with Crippen LogP contribution in [0.1, 0.15) is 19.8 Å². The second-order valence-electron chi connectivity index (χ2n) is 6.96. The molecular weight excluding hydrogens is 373 g/mol. The lowest BCUT2D eigenvalue weighted by atomic mass is 10.1. The summed E-state index contributed by atoms with van der Waals surface area (Å²) in [5, 5.41) is 0. The number of methoxy groups -OCH3 is 1. The molecule has 8 heteroatoms. The highest BCUT2D eigenvalue weighted by Crippen LogP contribution is 2.31. The van der Waals surface area contributed by atoms with E-state index in [1.54, 1.807) is 13.0 Å². The highest BCUT2D eigenvalue weighted by atomic mass is 35.5. The van der Waals surface area contributed by atoms with E-state index < -0.39 is 0 Å². The van der Waals surface area contributed by atoms with E-state index in [2.05, 4.69) is 9.80 Å². The Balaban J connectivity index is 0.00000261. The Kier molecular flexibility index (Phi) is 7.44. The second-order valence-corrected chi connectivity index (χ2v) is 6.96. The summed E-state index contributed by atoms with van der Waals surface area (Å²) < 4.78 is 19.1. The number of hydrogen-bond donors (Lipinski definition) is 0. The average molecular weight is 400 g/mol. The molecule has 1 aromatic rings. The first kappa shape index (κ1) is 21.4. The van der Waals surface area contributed by atoms with Crippen LogP contribution in [0.5, 0.6) is 5.75 Å². The molecule has 2 aliphatic rings. The molecule has 3 rings (SSSR count). The molecule has 1 unspecified atom stereocenters. The molecule has 6 nitrogen and oxygen atoms in total. The number of hydrogen-bond acceptors (Lipinski definition) is 5. The Labute approximate surface area is 165 Å². The third kappa shape index (κ3) is 4.71. The van der Waals surface area contributed by atoms with Crippen LogP contribution in [0.3, 0.4) is 0 Å². The summed E-state index contributed by atoms with van der Waals surface area (Å²) >= 11 is 0. The van der Waals surface area contributed by atoms with Crippen molar-refractivity contribution in [1.82, 2.24) is 9.80 Å². The van der Waals surface area contributed by atoms with Gasteiger partial charge in [0, 0.05) is 45.1 Å². The maximum absolute atomic E-state index is 13.9. The molecule has 2 fully saturated rings. The van der Waals surface area contributed by atoms with Crippen molar-refractivity contribution >= 4 is 29.9 Å². The van der Waals surface area contributed by atoms with E-state index in [1.165, 1.54) is 18.1 Å². The number of amides is 2. The van der Waals surface area contributed by atoms with Crippen LogP contribution in [-0.4, -0.2) is 68.0 Å². The van der Waals surface area contributed by atoms with Gasteiger partial charge in [0.25, 0.3) is 0 Å². The third-order valence-corrected chi connectivity index (χ3v) is 5.19. The van der Waals surface area contributed by atoms with Gasteiger partial charge in [-0.05, 0) is 25.1 Å². The van der Waals surface area contributed by atoms with E-state index in [9.17, 15) is 14.0 Å². The fraction of sp³-hybridized carbons (Fsp3) is 0.579. The average Bonchev–Trinajstić information content (AvgIpc) is 2.88. The van der Waals surface area contributed by atoms with Gasteiger partial charge in [0.2, 0.25) is 11.8 Å². The van der Waals surface area contributed by atoms with Gasteiger partial charge in [-0.15, -0.1) is 12.4 Å². The van der Waals surface area contributed by atoms with Gasteiger partial charge in [-0.2, -0.15) is 0 Å². The van der Waals surface area contributed by atoms with Crippen LogP contribution >= 0.6 is 12.4 Å².